The monoisotopic (exact) mass is 351 g/mol. The van der Waals surface area contributed by atoms with Gasteiger partial charge >= 0.3 is 0 Å². The molecule has 0 aromatic heterocycles. The van der Waals surface area contributed by atoms with Crippen molar-refractivity contribution in [3.8, 4) is 5.75 Å². The molecule has 2 nitrogen and oxygen atoms in total. The Hall–Kier alpha value is -1.55. The number of halogens is 2. The normalized spacial score (nSPS) is 12.3. The average molecular weight is 352 g/mol. The van der Waals surface area contributed by atoms with Crippen molar-refractivity contribution < 1.29 is 9.13 Å². The zero-order valence-electron chi connectivity index (χ0n) is 12.4. The Morgan fingerprint density at radius 1 is 1.05 bits per heavy atom. The van der Waals surface area contributed by atoms with Gasteiger partial charge in [-0.1, -0.05) is 12.1 Å². The second-order valence-corrected chi connectivity index (χ2v) is 6.08. The number of nitrogens with one attached hydrogen (secondary N) is 1. The van der Waals surface area contributed by atoms with E-state index in [0.717, 1.165) is 17.0 Å². The molecule has 112 valence electrons. The lowest BCUT2D eigenvalue weighted by molar-refractivity contribution is 0.242. The van der Waals surface area contributed by atoms with E-state index in [0.29, 0.717) is 4.47 Å². The quantitative estimate of drug-likeness (QED) is 0.762. The molecule has 0 saturated heterocycles. The van der Waals surface area contributed by atoms with Crippen LogP contribution in [0, 0.1) is 5.82 Å². The van der Waals surface area contributed by atoms with Crippen molar-refractivity contribution in [3.63, 3.8) is 0 Å². The maximum Gasteiger partial charge on any atom is 0.139 e. The minimum atomic E-state index is -0.270. The van der Waals surface area contributed by atoms with E-state index < -0.39 is 0 Å². The van der Waals surface area contributed by atoms with Gasteiger partial charge in [-0.2, -0.15) is 0 Å². The van der Waals surface area contributed by atoms with Gasteiger partial charge in [0.25, 0.3) is 0 Å². The molecule has 1 N–H and O–H groups in total. The van der Waals surface area contributed by atoms with E-state index in [1.165, 1.54) is 6.07 Å². The Morgan fingerprint density at radius 2 is 1.71 bits per heavy atom. The Balaban J connectivity index is 2.05. The fourth-order valence-corrected chi connectivity index (χ4v) is 2.27. The molecule has 4 heteroatoms. The molecular formula is C17H19BrFNO. The third-order valence-electron chi connectivity index (χ3n) is 3.05. The number of hydrogen-bond donors (Lipinski definition) is 1. The largest absolute Gasteiger partial charge is 0.491 e. The topological polar surface area (TPSA) is 21.3 Å². The van der Waals surface area contributed by atoms with E-state index in [9.17, 15) is 4.39 Å². The van der Waals surface area contributed by atoms with Gasteiger partial charge in [-0.15, -0.1) is 0 Å². The lowest BCUT2D eigenvalue weighted by Crippen LogP contribution is -2.08. The Kier molecular flexibility index (Phi) is 5.23. The Labute approximate surface area is 133 Å². The van der Waals surface area contributed by atoms with E-state index in [2.05, 4.69) is 21.2 Å². The van der Waals surface area contributed by atoms with Gasteiger partial charge in [0.1, 0.15) is 11.6 Å². The summed E-state index contributed by atoms with van der Waals surface area (Å²) in [6, 6.07) is 13.1. The lowest BCUT2D eigenvalue weighted by Gasteiger charge is -2.17. The first-order valence-electron chi connectivity index (χ1n) is 6.94. The molecule has 0 aliphatic heterocycles. The highest BCUT2D eigenvalue weighted by Crippen LogP contribution is 2.24. The van der Waals surface area contributed by atoms with Gasteiger partial charge in [0.2, 0.25) is 0 Å². The molecule has 2 aromatic carbocycles. The number of rotatable bonds is 5. The molecule has 0 radical (unpaired) electrons. The summed E-state index contributed by atoms with van der Waals surface area (Å²) < 4.78 is 19.6. The number of anilines is 1. The number of ether oxygens (including phenoxy) is 1. The fourth-order valence-electron chi connectivity index (χ4n) is 2.03. The molecule has 0 aliphatic carbocycles. The summed E-state index contributed by atoms with van der Waals surface area (Å²) in [4.78, 5) is 0. The van der Waals surface area contributed by atoms with Crippen molar-refractivity contribution in [2.45, 2.75) is 32.9 Å². The third-order valence-corrected chi connectivity index (χ3v) is 3.70. The summed E-state index contributed by atoms with van der Waals surface area (Å²) in [5.41, 5.74) is 1.88. The van der Waals surface area contributed by atoms with E-state index >= 15 is 0 Å². The van der Waals surface area contributed by atoms with Crippen molar-refractivity contribution in [2.24, 2.45) is 0 Å². The van der Waals surface area contributed by atoms with Gasteiger partial charge in [0, 0.05) is 11.7 Å². The maximum absolute atomic E-state index is 13.5. The summed E-state index contributed by atoms with van der Waals surface area (Å²) in [6.45, 7) is 6.04. The molecule has 2 rings (SSSR count). The van der Waals surface area contributed by atoms with Crippen LogP contribution in [-0.4, -0.2) is 6.10 Å². The highest BCUT2D eigenvalue weighted by Gasteiger charge is 2.08. The van der Waals surface area contributed by atoms with Crippen LogP contribution in [0.15, 0.2) is 46.9 Å². The van der Waals surface area contributed by atoms with Crippen molar-refractivity contribution >= 4 is 21.6 Å². The van der Waals surface area contributed by atoms with Gasteiger partial charge < -0.3 is 10.1 Å². The van der Waals surface area contributed by atoms with Gasteiger partial charge in [0.05, 0.1) is 10.6 Å². The van der Waals surface area contributed by atoms with Crippen molar-refractivity contribution in [2.75, 3.05) is 5.32 Å². The van der Waals surface area contributed by atoms with Gasteiger partial charge in [-0.3, -0.25) is 0 Å². The standard InChI is InChI=1S/C17H19BrFNO/c1-11(2)21-15-7-4-13(5-8-15)12(3)20-14-6-9-16(18)17(19)10-14/h4-12,20H,1-3H3. The number of benzene rings is 2. The van der Waals surface area contributed by atoms with Gasteiger partial charge in [-0.05, 0) is 72.6 Å². The smallest absolute Gasteiger partial charge is 0.139 e. The van der Waals surface area contributed by atoms with Crippen LogP contribution in [0.2, 0.25) is 0 Å². The highest BCUT2D eigenvalue weighted by atomic mass is 79.9. The van der Waals surface area contributed by atoms with Gasteiger partial charge in [0.15, 0.2) is 0 Å². The molecule has 0 fully saturated rings. The zero-order chi connectivity index (χ0) is 15.4. The highest BCUT2D eigenvalue weighted by molar-refractivity contribution is 9.10. The molecule has 21 heavy (non-hydrogen) atoms. The first-order valence-corrected chi connectivity index (χ1v) is 7.73. The van der Waals surface area contributed by atoms with Crippen LogP contribution in [0.1, 0.15) is 32.4 Å². The first-order chi connectivity index (χ1) is 9.95. The Bertz CT molecular complexity index is 598. The van der Waals surface area contributed by atoms with Crippen LogP contribution in [0.3, 0.4) is 0 Å². The molecule has 0 amide bonds. The fraction of sp³-hybridized carbons (Fsp3) is 0.294. The zero-order valence-corrected chi connectivity index (χ0v) is 13.9. The molecule has 0 saturated carbocycles. The first kappa shape index (κ1) is 15.8. The van der Waals surface area contributed by atoms with E-state index in [-0.39, 0.29) is 18.0 Å². The van der Waals surface area contributed by atoms with Gasteiger partial charge in [-0.25, -0.2) is 4.39 Å². The van der Waals surface area contributed by atoms with Crippen LogP contribution in [0.25, 0.3) is 0 Å². The molecule has 0 bridgehead atoms. The van der Waals surface area contributed by atoms with Crippen LogP contribution in [-0.2, 0) is 0 Å². The molecule has 0 heterocycles. The SMILES string of the molecule is CC(C)Oc1ccc(C(C)Nc2ccc(Br)c(F)c2)cc1. The summed E-state index contributed by atoms with van der Waals surface area (Å²) in [5.74, 6) is 0.587. The summed E-state index contributed by atoms with van der Waals surface area (Å²) in [6.07, 6.45) is 0.164. The predicted octanol–water partition coefficient (Wildman–Crippen LogP) is 5.55. The van der Waals surface area contributed by atoms with Crippen LogP contribution in [0.5, 0.6) is 5.75 Å². The summed E-state index contributed by atoms with van der Waals surface area (Å²) >= 11 is 3.15. The van der Waals surface area contributed by atoms with Crippen LogP contribution < -0.4 is 10.1 Å². The molecular weight excluding hydrogens is 333 g/mol. The molecule has 0 spiro atoms. The number of hydrogen-bond acceptors (Lipinski definition) is 2. The second-order valence-electron chi connectivity index (χ2n) is 5.23. The van der Waals surface area contributed by atoms with Crippen molar-refractivity contribution in [3.05, 3.63) is 58.3 Å². The predicted molar refractivity (Wildman–Crippen MR) is 88.3 cm³/mol. The van der Waals surface area contributed by atoms with Crippen molar-refractivity contribution in [1.29, 1.82) is 0 Å². The van der Waals surface area contributed by atoms with E-state index in [1.54, 1.807) is 6.07 Å². The molecule has 0 aliphatic rings. The third kappa shape index (κ3) is 4.46. The second kappa shape index (κ2) is 6.94. The minimum Gasteiger partial charge on any atom is -0.491 e. The maximum atomic E-state index is 13.5. The van der Waals surface area contributed by atoms with Crippen LogP contribution >= 0.6 is 15.9 Å². The molecule has 2 aromatic rings. The molecule has 1 unspecified atom stereocenters. The minimum absolute atomic E-state index is 0.0821. The van der Waals surface area contributed by atoms with E-state index in [1.807, 2.05) is 51.1 Å². The van der Waals surface area contributed by atoms with Crippen molar-refractivity contribution in [1.82, 2.24) is 0 Å². The summed E-state index contributed by atoms with van der Waals surface area (Å²) in [5, 5.41) is 3.28. The molecule has 1 atom stereocenters. The van der Waals surface area contributed by atoms with E-state index in [4.69, 9.17) is 4.74 Å². The Morgan fingerprint density at radius 3 is 2.29 bits per heavy atom. The average Bonchev–Trinajstić information content (AvgIpc) is 2.43. The van der Waals surface area contributed by atoms with Crippen LogP contribution in [0.4, 0.5) is 10.1 Å². The lowest BCUT2D eigenvalue weighted by atomic mass is 10.1. The summed E-state index contributed by atoms with van der Waals surface area (Å²) in [7, 11) is 0.